The quantitative estimate of drug-likeness (QED) is 0.757. The third-order valence-corrected chi connectivity index (χ3v) is 4.13. The molecule has 0 fully saturated rings. The van der Waals surface area contributed by atoms with Gasteiger partial charge in [0.2, 0.25) is 0 Å². The monoisotopic (exact) mass is 241 g/mol. The highest BCUT2D eigenvalue weighted by Gasteiger charge is 2.29. The van der Waals surface area contributed by atoms with Crippen LogP contribution < -0.4 is 0 Å². The molecule has 0 bridgehead atoms. The Morgan fingerprint density at radius 3 is 3.11 bits per heavy atom. The van der Waals surface area contributed by atoms with Crippen molar-refractivity contribution in [2.24, 2.45) is 0 Å². The third-order valence-electron chi connectivity index (χ3n) is 4.13. The van der Waals surface area contributed by atoms with E-state index in [4.69, 9.17) is 0 Å². The highest BCUT2D eigenvalue weighted by atomic mass is 16.1. The number of carbonyl (C=O) groups excluding carboxylic acids is 1. The van der Waals surface area contributed by atoms with Gasteiger partial charge in [0.25, 0.3) is 0 Å². The molecule has 0 spiro atoms. The zero-order valence-electron chi connectivity index (χ0n) is 10.7. The number of hydrogen-bond donors (Lipinski definition) is 0. The van der Waals surface area contributed by atoms with E-state index < -0.39 is 0 Å². The van der Waals surface area contributed by atoms with E-state index in [-0.39, 0.29) is 5.92 Å². The predicted molar refractivity (Wildman–Crippen MR) is 71.5 cm³/mol. The van der Waals surface area contributed by atoms with E-state index in [1.54, 1.807) is 0 Å². The van der Waals surface area contributed by atoms with Crippen LogP contribution in [0.4, 0.5) is 0 Å². The average Bonchev–Trinajstić information content (AvgIpc) is 2.84. The first-order chi connectivity index (χ1) is 8.84. The Kier molecular flexibility index (Phi) is 3.26. The van der Waals surface area contributed by atoms with Crippen LogP contribution in [0.5, 0.6) is 0 Å². The number of aryl methyl sites for hydroxylation is 1. The number of pyridine rings is 1. The van der Waals surface area contributed by atoms with Gasteiger partial charge in [0.05, 0.1) is 11.6 Å². The van der Waals surface area contributed by atoms with Crippen LogP contribution in [0.3, 0.4) is 0 Å². The molecule has 2 nitrogen and oxygen atoms in total. The fourth-order valence-corrected chi connectivity index (χ4v) is 3.14. The van der Waals surface area contributed by atoms with Crippen molar-refractivity contribution < 1.29 is 4.79 Å². The van der Waals surface area contributed by atoms with Crippen molar-refractivity contribution in [2.45, 2.75) is 50.9 Å². The number of hydrogen-bond acceptors (Lipinski definition) is 2. The number of aromatic nitrogens is 1. The van der Waals surface area contributed by atoms with E-state index in [0.717, 1.165) is 31.4 Å². The van der Waals surface area contributed by atoms with Gasteiger partial charge in [-0.1, -0.05) is 17.7 Å². The summed E-state index contributed by atoms with van der Waals surface area (Å²) in [7, 11) is 0. The number of ketones is 1. The molecular weight excluding hydrogens is 222 g/mol. The molecule has 0 saturated carbocycles. The van der Waals surface area contributed by atoms with E-state index in [1.807, 2.05) is 12.3 Å². The molecule has 1 aromatic rings. The fraction of sp³-hybridized carbons (Fsp3) is 0.500. The molecule has 1 atom stereocenters. The molecule has 0 aromatic carbocycles. The maximum Gasteiger partial charge on any atom is 0.145 e. The Morgan fingerprint density at radius 2 is 2.28 bits per heavy atom. The Labute approximate surface area is 108 Å². The normalized spacial score (nSPS) is 22.4. The van der Waals surface area contributed by atoms with Crippen LogP contribution in [0.1, 0.15) is 55.7 Å². The highest BCUT2D eigenvalue weighted by Crippen LogP contribution is 2.34. The summed E-state index contributed by atoms with van der Waals surface area (Å²) in [5, 5.41) is 0. The molecule has 3 rings (SSSR count). The Morgan fingerprint density at radius 1 is 1.33 bits per heavy atom. The van der Waals surface area contributed by atoms with Crippen LogP contribution in [-0.2, 0) is 11.2 Å². The van der Waals surface area contributed by atoms with Gasteiger partial charge in [-0.05, 0) is 50.2 Å². The summed E-state index contributed by atoms with van der Waals surface area (Å²) in [6, 6.07) is 4.07. The van der Waals surface area contributed by atoms with E-state index in [2.05, 4.69) is 17.1 Å². The van der Waals surface area contributed by atoms with E-state index in [0.29, 0.717) is 12.2 Å². The fourth-order valence-electron chi connectivity index (χ4n) is 3.14. The first-order valence-corrected chi connectivity index (χ1v) is 6.99. The van der Waals surface area contributed by atoms with Crippen LogP contribution in [0.15, 0.2) is 30.0 Å². The minimum absolute atomic E-state index is 0.0593. The van der Waals surface area contributed by atoms with Crippen molar-refractivity contribution in [1.82, 2.24) is 4.98 Å². The molecule has 0 radical (unpaired) electrons. The van der Waals surface area contributed by atoms with Crippen LogP contribution >= 0.6 is 0 Å². The molecule has 0 amide bonds. The summed E-state index contributed by atoms with van der Waals surface area (Å²) < 4.78 is 0. The second kappa shape index (κ2) is 5.05. The van der Waals surface area contributed by atoms with Crippen LogP contribution in [-0.4, -0.2) is 10.8 Å². The maximum atomic E-state index is 12.4. The molecule has 2 aliphatic carbocycles. The smallest absolute Gasteiger partial charge is 0.145 e. The van der Waals surface area contributed by atoms with Gasteiger partial charge in [-0.15, -0.1) is 0 Å². The average molecular weight is 241 g/mol. The lowest BCUT2D eigenvalue weighted by atomic mass is 9.90. The Bertz CT molecular complexity index is 490. The summed E-state index contributed by atoms with van der Waals surface area (Å²) in [4.78, 5) is 16.8. The van der Waals surface area contributed by atoms with Crippen molar-refractivity contribution in [3.05, 3.63) is 41.2 Å². The zero-order chi connectivity index (χ0) is 12.4. The van der Waals surface area contributed by atoms with Crippen molar-refractivity contribution >= 4 is 5.78 Å². The number of rotatable bonds is 3. The number of carbonyl (C=O) groups is 1. The van der Waals surface area contributed by atoms with Gasteiger partial charge in [-0.2, -0.15) is 0 Å². The van der Waals surface area contributed by atoms with Crippen molar-refractivity contribution in [2.75, 3.05) is 0 Å². The second-order valence-corrected chi connectivity index (χ2v) is 5.39. The van der Waals surface area contributed by atoms with Crippen LogP contribution in [0.25, 0.3) is 0 Å². The van der Waals surface area contributed by atoms with Gasteiger partial charge in [0.1, 0.15) is 5.78 Å². The van der Waals surface area contributed by atoms with E-state index in [9.17, 15) is 4.79 Å². The van der Waals surface area contributed by atoms with Gasteiger partial charge >= 0.3 is 0 Å². The molecule has 1 aromatic heterocycles. The summed E-state index contributed by atoms with van der Waals surface area (Å²) in [5.74, 6) is 0.435. The summed E-state index contributed by atoms with van der Waals surface area (Å²) in [5.41, 5.74) is 3.67. The number of nitrogens with zero attached hydrogens (tertiary/aromatic N) is 1. The number of Topliss-reactive ketones (excluding diaryl/α,β-unsaturated/α-hetero) is 1. The van der Waals surface area contributed by atoms with E-state index >= 15 is 0 Å². The van der Waals surface area contributed by atoms with Crippen molar-refractivity contribution in [3.63, 3.8) is 0 Å². The first kappa shape index (κ1) is 11.6. The number of fused-ring (bicyclic) bond motifs is 1. The molecule has 0 aliphatic heterocycles. The van der Waals surface area contributed by atoms with Crippen LogP contribution in [0, 0.1) is 0 Å². The molecule has 0 N–H and O–H groups in total. The molecular formula is C16H19NO. The molecule has 2 heteroatoms. The molecule has 94 valence electrons. The lowest BCUT2D eigenvalue weighted by Gasteiger charge is -2.14. The first-order valence-electron chi connectivity index (χ1n) is 6.99. The van der Waals surface area contributed by atoms with Gasteiger partial charge in [-0.3, -0.25) is 9.78 Å². The van der Waals surface area contributed by atoms with Crippen LogP contribution in [0.2, 0.25) is 0 Å². The maximum absolute atomic E-state index is 12.4. The molecule has 2 aliphatic rings. The second-order valence-electron chi connectivity index (χ2n) is 5.39. The third kappa shape index (κ3) is 2.24. The predicted octanol–water partition coefficient (Wildman–Crippen LogP) is 3.57. The Hall–Kier alpha value is -1.44. The molecule has 1 unspecified atom stereocenters. The topological polar surface area (TPSA) is 30.0 Å². The standard InChI is InChI=1S/C16H19NO/c18-15(11-12-5-2-1-3-6-12)14-9-8-13-7-4-10-17-16(13)14/h4-5,7,10,14H,1-3,6,8-9,11H2. The number of allylic oxidation sites excluding steroid dienone is 2. The van der Waals surface area contributed by atoms with Gasteiger partial charge in [0, 0.05) is 12.6 Å². The summed E-state index contributed by atoms with van der Waals surface area (Å²) in [6.07, 6.45) is 11.5. The van der Waals surface area contributed by atoms with Gasteiger partial charge in [0.15, 0.2) is 0 Å². The largest absolute Gasteiger partial charge is 0.299 e. The van der Waals surface area contributed by atoms with Gasteiger partial charge < -0.3 is 0 Å². The molecule has 1 heterocycles. The minimum Gasteiger partial charge on any atom is -0.299 e. The lowest BCUT2D eigenvalue weighted by Crippen LogP contribution is -2.12. The SMILES string of the molecule is O=C(CC1=CCCCC1)C1CCc2cccnc21. The Balaban J connectivity index is 1.72. The molecule has 0 saturated heterocycles. The zero-order valence-corrected chi connectivity index (χ0v) is 10.7. The lowest BCUT2D eigenvalue weighted by molar-refractivity contribution is -0.119. The highest BCUT2D eigenvalue weighted by molar-refractivity contribution is 5.88. The van der Waals surface area contributed by atoms with E-state index in [1.165, 1.54) is 24.0 Å². The summed E-state index contributed by atoms with van der Waals surface area (Å²) >= 11 is 0. The van der Waals surface area contributed by atoms with Crippen molar-refractivity contribution in [3.8, 4) is 0 Å². The van der Waals surface area contributed by atoms with Crippen molar-refractivity contribution in [1.29, 1.82) is 0 Å². The molecule has 18 heavy (non-hydrogen) atoms. The summed E-state index contributed by atoms with van der Waals surface area (Å²) in [6.45, 7) is 0. The van der Waals surface area contributed by atoms with Gasteiger partial charge in [-0.25, -0.2) is 0 Å². The minimum atomic E-state index is 0.0593.